The number of fused-ring (bicyclic) bond motifs is 3. The van der Waals surface area contributed by atoms with Gasteiger partial charge in [-0.1, -0.05) is 49.3 Å². The molecule has 4 aromatic rings. The fourth-order valence-corrected chi connectivity index (χ4v) is 6.88. The molecule has 0 saturated heterocycles. The number of pyridine rings is 1. The summed E-state index contributed by atoms with van der Waals surface area (Å²) in [5, 5.41) is 22.6. The van der Waals surface area contributed by atoms with Crippen molar-refractivity contribution >= 4 is 63.3 Å². The molecule has 0 aliphatic rings. The van der Waals surface area contributed by atoms with E-state index < -0.39 is 59.8 Å². The van der Waals surface area contributed by atoms with Crippen LogP contribution < -0.4 is 21.7 Å². The lowest BCUT2D eigenvalue weighted by Gasteiger charge is -2.24. The van der Waals surface area contributed by atoms with Crippen LogP contribution in [0.1, 0.15) is 71.0 Å². The van der Waals surface area contributed by atoms with Gasteiger partial charge in [-0.15, -0.1) is 0 Å². The second kappa shape index (κ2) is 24.3. The highest BCUT2D eigenvalue weighted by Crippen LogP contribution is 2.30. The maximum absolute atomic E-state index is 13.5. The van der Waals surface area contributed by atoms with Crippen LogP contribution in [0.25, 0.3) is 32.4 Å². The standard InChI is InChI=1S/C44H59N11O10/c1-7-63-25-35-51-39-33(50-32-13-9-8-12-31(32)40(39)55(35)26-44(4,5)62)22-37(58)64-20-19-54(6)43(61)65-24-28-14-16-30(17-15-28)49-41(59)29(11-10-18-47-42(45)60)21-34(56)38(27(2)3)52-36(57)23-48-53-46/h8-9,12-17,27,29,38,62H,7,10-11,18-26H2,1-6H3,(H,49,59)(H,52,57)(H3,45,47,60)/t29-,38+/m0/s1. The van der Waals surface area contributed by atoms with E-state index in [1.54, 1.807) is 52.0 Å². The number of para-hydroxylation sites is 1. The number of ketones is 1. The third-order valence-corrected chi connectivity index (χ3v) is 10.1. The molecule has 0 fully saturated rings. The van der Waals surface area contributed by atoms with Crippen LogP contribution in [-0.4, -0.2) is 112 Å². The number of Topliss-reactive ketones (excluding diaryl/α,β-unsaturated/α-hetero) is 1. The molecule has 0 bridgehead atoms. The van der Waals surface area contributed by atoms with Crippen LogP contribution in [0.2, 0.25) is 0 Å². The number of aliphatic hydroxyl groups is 1. The van der Waals surface area contributed by atoms with Crippen LogP contribution in [0.5, 0.6) is 0 Å². The van der Waals surface area contributed by atoms with Gasteiger partial charge >= 0.3 is 18.1 Å². The molecule has 2 aromatic carbocycles. The second-order valence-corrected chi connectivity index (χ2v) is 16.4. The third-order valence-electron chi connectivity index (χ3n) is 10.1. The Morgan fingerprint density at radius 3 is 2.42 bits per heavy atom. The van der Waals surface area contributed by atoms with Gasteiger partial charge in [0, 0.05) is 48.5 Å². The maximum atomic E-state index is 13.5. The van der Waals surface area contributed by atoms with Crippen LogP contribution in [0.3, 0.4) is 0 Å². The van der Waals surface area contributed by atoms with Gasteiger partial charge in [-0.25, -0.2) is 19.6 Å². The fraction of sp³-hybridized carbons (Fsp3) is 0.500. The summed E-state index contributed by atoms with van der Waals surface area (Å²) in [7, 11) is 1.50. The number of nitrogens with two attached hydrogens (primary N) is 1. The number of hydrogen-bond donors (Lipinski definition) is 5. The average Bonchev–Trinajstić information content (AvgIpc) is 3.61. The minimum Gasteiger partial charge on any atom is -0.463 e. The molecule has 21 heteroatoms. The van der Waals surface area contributed by atoms with Crippen molar-refractivity contribution in [3.63, 3.8) is 0 Å². The molecule has 0 aliphatic heterocycles. The van der Waals surface area contributed by atoms with E-state index in [1.165, 1.54) is 11.9 Å². The molecule has 0 unspecified atom stereocenters. The number of nitrogens with zero attached hydrogens (tertiary/aromatic N) is 7. The number of azide groups is 1. The number of carbonyl (C=O) groups excluding carboxylic acids is 6. The predicted molar refractivity (Wildman–Crippen MR) is 240 cm³/mol. The summed E-state index contributed by atoms with van der Waals surface area (Å²) < 4.78 is 18.6. The normalized spacial score (nSPS) is 12.2. The number of likely N-dealkylation sites (N-methyl/N-ethyl adjacent to an activating group) is 1. The number of ether oxygens (including phenoxy) is 3. The molecule has 65 heavy (non-hydrogen) atoms. The molecule has 5 amide bonds. The molecule has 0 aliphatic carbocycles. The molecular formula is C44H59N11O10. The number of carbonyl (C=O) groups is 6. The molecule has 21 nitrogen and oxygen atoms in total. The zero-order valence-electron chi connectivity index (χ0n) is 37.7. The van der Waals surface area contributed by atoms with Crippen LogP contribution in [0.4, 0.5) is 15.3 Å². The van der Waals surface area contributed by atoms with Gasteiger partial charge in [-0.3, -0.25) is 19.2 Å². The Labute approximate surface area is 376 Å². The van der Waals surface area contributed by atoms with Crippen molar-refractivity contribution in [1.29, 1.82) is 0 Å². The number of amides is 5. The smallest absolute Gasteiger partial charge is 0.409 e. The molecule has 2 heterocycles. The lowest BCUT2D eigenvalue weighted by atomic mass is 9.89. The molecule has 2 atom stereocenters. The molecule has 2 aromatic heterocycles. The predicted octanol–water partition coefficient (Wildman–Crippen LogP) is 4.66. The van der Waals surface area contributed by atoms with Gasteiger partial charge < -0.3 is 50.5 Å². The molecule has 4 rings (SSSR count). The first-order valence-corrected chi connectivity index (χ1v) is 21.3. The number of rotatable bonds is 25. The molecule has 350 valence electrons. The van der Waals surface area contributed by atoms with Crippen molar-refractivity contribution in [3.05, 3.63) is 76.1 Å². The monoisotopic (exact) mass is 901 g/mol. The molecule has 0 spiro atoms. The zero-order valence-corrected chi connectivity index (χ0v) is 37.7. The maximum Gasteiger partial charge on any atom is 0.409 e. The number of anilines is 1. The van der Waals surface area contributed by atoms with Crippen molar-refractivity contribution in [2.45, 2.75) is 91.7 Å². The summed E-state index contributed by atoms with van der Waals surface area (Å²) in [5.74, 6) is -2.62. The van der Waals surface area contributed by atoms with Gasteiger partial charge in [0.25, 0.3) is 0 Å². The van der Waals surface area contributed by atoms with Gasteiger partial charge in [0.05, 0.1) is 47.9 Å². The molecular weight excluding hydrogens is 843 g/mol. The van der Waals surface area contributed by atoms with Gasteiger partial charge in [-0.2, -0.15) is 0 Å². The Morgan fingerprint density at radius 1 is 1.03 bits per heavy atom. The van der Waals surface area contributed by atoms with E-state index in [0.717, 1.165) is 10.9 Å². The molecule has 0 saturated carbocycles. The summed E-state index contributed by atoms with van der Waals surface area (Å²) >= 11 is 0. The lowest BCUT2D eigenvalue weighted by Crippen LogP contribution is -2.46. The minimum absolute atomic E-state index is 0.0388. The Hall–Kier alpha value is -6.83. The average molecular weight is 902 g/mol. The van der Waals surface area contributed by atoms with E-state index in [0.29, 0.717) is 46.8 Å². The SMILES string of the molecule is CCOCc1nc2c(CC(=O)OCCN(C)C(=O)OCc3ccc(NC(=O)[C@@H](CCCNC(N)=O)CC(=O)[C@H](NC(=O)CN=[N+]=[N-])C(C)C)cc3)nc3ccccc3c2n1CC(C)(C)O. The first kappa shape index (κ1) is 50.8. The summed E-state index contributed by atoms with van der Waals surface area (Å²) in [6.07, 6.45) is -0.513. The van der Waals surface area contributed by atoms with E-state index in [4.69, 9.17) is 35.4 Å². The van der Waals surface area contributed by atoms with Crippen molar-refractivity contribution < 1.29 is 48.1 Å². The van der Waals surface area contributed by atoms with E-state index in [-0.39, 0.29) is 64.6 Å². The van der Waals surface area contributed by atoms with Crippen molar-refractivity contribution in [2.24, 2.45) is 22.7 Å². The van der Waals surface area contributed by atoms with Gasteiger partial charge in [0.1, 0.15) is 37.7 Å². The number of aromatic nitrogens is 3. The number of primary amides is 1. The Kier molecular flexibility index (Phi) is 19.0. The highest BCUT2D eigenvalue weighted by Gasteiger charge is 2.30. The molecule has 0 radical (unpaired) electrons. The van der Waals surface area contributed by atoms with Crippen LogP contribution in [-0.2, 0) is 59.6 Å². The van der Waals surface area contributed by atoms with Crippen LogP contribution in [0.15, 0.2) is 53.6 Å². The van der Waals surface area contributed by atoms with E-state index in [9.17, 15) is 33.9 Å². The van der Waals surface area contributed by atoms with Crippen molar-refractivity contribution in [3.8, 4) is 0 Å². The quantitative estimate of drug-likeness (QED) is 0.0200. The Balaban J connectivity index is 1.31. The minimum atomic E-state index is -1.07. The van der Waals surface area contributed by atoms with E-state index in [1.807, 2.05) is 35.8 Å². The summed E-state index contributed by atoms with van der Waals surface area (Å²) in [6, 6.07) is 12.4. The summed E-state index contributed by atoms with van der Waals surface area (Å²) in [4.78, 5) is 89.6. The molecule has 6 N–H and O–H groups in total. The number of esters is 1. The second-order valence-electron chi connectivity index (χ2n) is 16.4. The van der Waals surface area contributed by atoms with Crippen molar-refractivity contribution in [1.82, 2.24) is 30.1 Å². The first-order valence-electron chi connectivity index (χ1n) is 21.3. The number of hydrogen-bond acceptors (Lipinski definition) is 13. The number of urea groups is 1. The van der Waals surface area contributed by atoms with Crippen LogP contribution >= 0.6 is 0 Å². The fourth-order valence-electron chi connectivity index (χ4n) is 6.88. The van der Waals surface area contributed by atoms with Crippen molar-refractivity contribution in [2.75, 3.05) is 45.2 Å². The van der Waals surface area contributed by atoms with E-state index in [2.05, 4.69) is 26.0 Å². The Morgan fingerprint density at radius 2 is 1.75 bits per heavy atom. The largest absolute Gasteiger partial charge is 0.463 e. The number of imidazole rings is 1. The van der Waals surface area contributed by atoms with Gasteiger partial charge in [0.15, 0.2) is 5.78 Å². The first-order chi connectivity index (χ1) is 30.9. The van der Waals surface area contributed by atoms with E-state index >= 15 is 0 Å². The number of benzene rings is 2. The topological polar surface area (TPSA) is 295 Å². The van der Waals surface area contributed by atoms with Gasteiger partial charge in [0.2, 0.25) is 11.8 Å². The highest BCUT2D eigenvalue weighted by atomic mass is 16.6. The summed E-state index contributed by atoms with van der Waals surface area (Å²) in [5.41, 5.74) is 15.9. The third kappa shape index (κ3) is 15.7. The Bertz CT molecular complexity index is 2360. The lowest BCUT2D eigenvalue weighted by molar-refractivity contribution is -0.143. The zero-order chi connectivity index (χ0) is 47.7. The summed E-state index contributed by atoms with van der Waals surface area (Å²) in [6.45, 7) is 9.18. The van der Waals surface area contributed by atoms with Crippen LogP contribution in [0, 0.1) is 11.8 Å². The highest BCUT2D eigenvalue weighted by molar-refractivity contribution is 6.04. The number of nitrogens with one attached hydrogen (secondary N) is 3. The van der Waals surface area contributed by atoms with Gasteiger partial charge in [-0.05, 0) is 68.8 Å².